The van der Waals surface area contributed by atoms with Crippen LogP contribution < -0.4 is 5.19 Å². The molecular formula is C22H39ISi. The topological polar surface area (TPSA) is 0 Å². The van der Waals surface area contributed by atoms with Gasteiger partial charge in [-0.05, 0) is 17.3 Å². The molecule has 0 fully saturated rings. The molecule has 0 atom stereocenters. The summed E-state index contributed by atoms with van der Waals surface area (Å²) in [6.07, 6.45) is 17.1. The molecule has 0 radical (unpaired) electrons. The largest absolute Gasteiger partial charge is 0.155 e. The average molecular weight is 459 g/mol. The smallest absolute Gasteiger partial charge is 0.113 e. The SMILES string of the molecule is CCCCCCCC[Si](I)(CCCCCCCC)c1ccccc1. The van der Waals surface area contributed by atoms with Crippen molar-refractivity contribution >= 4 is 32.6 Å². The Labute approximate surface area is 165 Å². The minimum absolute atomic E-state index is 1.29. The van der Waals surface area contributed by atoms with E-state index in [1.54, 1.807) is 5.19 Å². The third-order valence-electron chi connectivity index (χ3n) is 5.14. The number of hydrogen-bond acceptors (Lipinski definition) is 0. The lowest BCUT2D eigenvalue weighted by Crippen LogP contribution is -2.41. The first-order chi connectivity index (χ1) is 11.7. The fourth-order valence-electron chi connectivity index (χ4n) is 3.52. The summed E-state index contributed by atoms with van der Waals surface area (Å²) in [5, 5.41) is 1.69. The van der Waals surface area contributed by atoms with Gasteiger partial charge in [-0.25, -0.2) is 0 Å². The van der Waals surface area contributed by atoms with Crippen molar-refractivity contribution in [1.82, 2.24) is 0 Å². The van der Waals surface area contributed by atoms with Crippen molar-refractivity contribution in [2.75, 3.05) is 0 Å². The highest BCUT2D eigenvalue weighted by atomic mass is 127. The van der Waals surface area contributed by atoms with Crippen LogP contribution in [0.5, 0.6) is 0 Å². The number of hydrogen-bond donors (Lipinski definition) is 0. The molecular weight excluding hydrogens is 419 g/mol. The minimum Gasteiger partial charge on any atom is -0.113 e. The van der Waals surface area contributed by atoms with Gasteiger partial charge in [0.2, 0.25) is 0 Å². The van der Waals surface area contributed by atoms with Gasteiger partial charge in [0.25, 0.3) is 0 Å². The molecule has 1 aromatic rings. The van der Waals surface area contributed by atoms with Crippen LogP contribution in [0.1, 0.15) is 90.9 Å². The average Bonchev–Trinajstić information content (AvgIpc) is 2.62. The highest BCUT2D eigenvalue weighted by molar-refractivity contribution is 14.1. The maximum absolute atomic E-state index is 2.92. The first kappa shape index (κ1) is 22.2. The highest BCUT2D eigenvalue weighted by Gasteiger charge is 2.30. The van der Waals surface area contributed by atoms with E-state index in [4.69, 9.17) is 0 Å². The van der Waals surface area contributed by atoms with E-state index in [2.05, 4.69) is 66.0 Å². The summed E-state index contributed by atoms with van der Waals surface area (Å²) in [7, 11) is 0. The van der Waals surface area contributed by atoms with E-state index in [1.165, 1.54) is 89.1 Å². The van der Waals surface area contributed by atoms with Gasteiger partial charge in [-0.3, -0.25) is 0 Å². The van der Waals surface area contributed by atoms with Crippen LogP contribution in [0.15, 0.2) is 30.3 Å². The number of rotatable bonds is 15. The fraction of sp³-hybridized carbons (Fsp3) is 0.727. The predicted octanol–water partition coefficient (Wildman–Crippen LogP) is 8.00. The van der Waals surface area contributed by atoms with Crippen LogP contribution >= 0.6 is 21.8 Å². The lowest BCUT2D eigenvalue weighted by Gasteiger charge is -2.26. The number of halogens is 1. The molecule has 0 amide bonds. The van der Waals surface area contributed by atoms with Crippen LogP contribution in [0.25, 0.3) is 0 Å². The minimum atomic E-state index is -1.29. The molecule has 0 nitrogen and oxygen atoms in total. The van der Waals surface area contributed by atoms with Crippen molar-refractivity contribution in [2.24, 2.45) is 0 Å². The third kappa shape index (κ3) is 9.60. The Bertz CT molecular complexity index is 374. The van der Waals surface area contributed by atoms with Gasteiger partial charge < -0.3 is 0 Å². The van der Waals surface area contributed by atoms with Crippen LogP contribution in [-0.4, -0.2) is 5.57 Å². The van der Waals surface area contributed by atoms with Crippen molar-refractivity contribution < 1.29 is 0 Å². The molecule has 0 N–H and O–H groups in total. The standard InChI is InChI=1S/C22H39ISi/c1-3-5-7-9-11-16-20-24(23,22-18-14-13-15-19-22)21-17-12-10-8-6-4-2/h13-15,18-19H,3-12,16-17,20-21H2,1-2H3. The molecule has 0 aliphatic rings. The van der Waals surface area contributed by atoms with E-state index >= 15 is 0 Å². The quantitative estimate of drug-likeness (QED) is 0.108. The zero-order chi connectivity index (χ0) is 17.5. The molecule has 24 heavy (non-hydrogen) atoms. The van der Waals surface area contributed by atoms with Crippen molar-refractivity contribution in [3.63, 3.8) is 0 Å². The maximum atomic E-state index is 2.92. The molecule has 0 saturated heterocycles. The summed E-state index contributed by atoms with van der Waals surface area (Å²) < 4.78 is 0. The van der Waals surface area contributed by atoms with Crippen LogP contribution in [-0.2, 0) is 0 Å². The monoisotopic (exact) mass is 458 g/mol. The third-order valence-corrected chi connectivity index (χ3v) is 13.9. The van der Waals surface area contributed by atoms with Crippen molar-refractivity contribution in [3.8, 4) is 0 Å². The Morgan fingerprint density at radius 1 is 0.625 bits per heavy atom. The molecule has 0 aliphatic carbocycles. The highest BCUT2D eigenvalue weighted by Crippen LogP contribution is 2.29. The maximum Gasteiger partial charge on any atom is 0.155 e. The molecule has 0 aromatic heterocycles. The summed E-state index contributed by atoms with van der Waals surface area (Å²) in [4.78, 5) is 0. The molecule has 138 valence electrons. The van der Waals surface area contributed by atoms with Gasteiger partial charge in [0.1, 0.15) is 0 Å². The lowest BCUT2D eigenvalue weighted by molar-refractivity contribution is 0.617. The first-order valence-corrected chi connectivity index (χ1v) is 16.0. The Morgan fingerprint density at radius 3 is 1.50 bits per heavy atom. The normalized spacial score (nSPS) is 11.8. The van der Waals surface area contributed by atoms with Crippen LogP contribution in [0, 0.1) is 0 Å². The van der Waals surface area contributed by atoms with Gasteiger partial charge in [-0.15, -0.1) is 21.8 Å². The number of benzene rings is 1. The molecule has 0 spiro atoms. The molecule has 0 saturated carbocycles. The van der Waals surface area contributed by atoms with Gasteiger partial charge >= 0.3 is 0 Å². The zero-order valence-corrected chi connectivity index (χ0v) is 19.3. The van der Waals surface area contributed by atoms with Crippen molar-refractivity contribution in [2.45, 2.75) is 103 Å². The van der Waals surface area contributed by atoms with E-state index in [0.717, 1.165) is 0 Å². The van der Waals surface area contributed by atoms with E-state index in [9.17, 15) is 0 Å². The van der Waals surface area contributed by atoms with Crippen LogP contribution in [0.2, 0.25) is 12.1 Å². The predicted molar refractivity (Wildman–Crippen MR) is 122 cm³/mol. The molecule has 0 heterocycles. The summed E-state index contributed by atoms with van der Waals surface area (Å²) in [6, 6.07) is 14.5. The summed E-state index contributed by atoms with van der Waals surface area (Å²) >= 11 is 2.92. The lowest BCUT2D eigenvalue weighted by atomic mass is 10.1. The fourth-order valence-corrected chi connectivity index (χ4v) is 10.1. The van der Waals surface area contributed by atoms with E-state index in [0.29, 0.717) is 0 Å². The van der Waals surface area contributed by atoms with Gasteiger partial charge in [0.15, 0.2) is 5.57 Å². The molecule has 0 unspecified atom stereocenters. The zero-order valence-electron chi connectivity index (χ0n) is 16.2. The summed E-state index contributed by atoms with van der Waals surface area (Å²) in [6.45, 7) is 4.61. The first-order valence-electron chi connectivity index (χ1n) is 10.5. The summed E-state index contributed by atoms with van der Waals surface area (Å²) in [5.41, 5.74) is -1.29. The molecule has 0 aliphatic heterocycles. The van der Waals surface area contributed by atoms with Crippen LogP contribution in [0.3, 0.4) is 0 Å². The Hall–Kier alpha value is 0.167. The van der Waals surface area contributed by atoms with Gasteiger partial charge in [-0.2, -0.15) is 0 Å². The van der Waals surface area contributed by atoms with Gasteiger partial charge in [-0.1, -0.05) is 121 Å². The van der Waals surface area contributed by atoms with E-state index < -0.39 is 5.57 Å². The molecule has 2 heteroatoms. The van der Waals surface area contributed by atoms with E-state index in [1.807, 2.05) is 0 Å². The number of unbranched alkanes of at least 4 members (excludes halogenated alkanes) is 10. The second-order valence-corrected chi connectivity index (χ2v) is 17.1. The Morgan fingerprint density at radius 2 is 1.04 bits per heavy atom. The van der Waals surface area contributed by atoms with Crippen LogP contribution in [0.4, 0.5) is 0 Å². The summed E-state index contributed by atoms with van der Waals surface area (Å²) in [5.74, 6) is 0. The van der Waals surface area contributed by atoms with Crippen molar-refractivity contribution in [1.29, 1.82) is 0 Å². The molecule has 1 rings (SSSR count). The van der Waals surface area contributed by atoms with E-state index in [-0.39, 0.29) is 0 Å². The molecule has 1 aromatic carbocycles. The van der Waals surface area contributed by atoms with Crippen molar-refractivity contribution in [3.05, 3.63) is 30.3 Å². The Kier molecular flexibility index (Phi) is 13.3. The Balaban J connectivity index is 2.42. The van der Waals surface area contributed by atoms with Gasteiger partial charge in [0.05, 0.1) is 0 Å². The second-order valence-electron chi connectivity index (χ2n) is 7.37. The molecule has 0 bridgehead atoms. The second kappa shape index (κ2) is 14.3. The van der Waals surface area contributed by atoms with Gasteiger partial charge in [0, 0.05) is 0 Å².